The molecule has 0 unspecified atom stereocenters. The molecule has 4 heteroatoms. The Bertz CT molecular complexity index is 572. The Kier molecular flexibility index (Phi) is 5.18. The van der Waals surface area contributed by atoms with E-state index in [-0.39, 0.29) is 0 Å². The molecule has 0 saturated carbocycles. The Labute approximate surface area is 124 Å². The second-order valence-electron chi connectivity index (χ2n) is 4.30. The van der Waals surface area contributed by atoms with Crippen LogP contribution < -0.4 is 15.2 Å². The maximum atomic E-state index is 6.17. The van der Waals surface area contributed by atoms with Gasteiger partial charge in [0.05, 0.1) is 19.4 Å². The van der Waals surface area contributed by atoms with E-state index >= 15 is 0 Å². The molecule has 0 aliphatic heterocycles. The van der Waals surface area contributed by atoms with E-state index in [1.807, 2.05) is 42.5 Å². The van der Waals surface area contributed by atoms with Gasteiger partial charge in [0.1, 0.15) is 11.5 Å². The number of rotatable bonds is 6. The highest BCUT2D eigenvalue weighted by molar-refractivity contribution is 7.99. The van der Waals surface area contributed by atoms with Crippen molar-refractivity contribution in [3.05, 3.63) is 42.5 Å². The van der Waals surface area contributed by atoms with Gasteiger partial charge < -0.3 is 15.2 Å². The van der Waals surface area contributed by atoms with Crippen LogP contribution in [0.2, 0.25) is 0 Å². The number of methoxy groups -OCH3 is 1. The molecule has 0 fully saturated rings. The Balaban J connectivity index is 2.20. The first-order valence-corrected chi connectivity index (χ1v) is 7.39. The summed E-state index contributed by atoms with van der Waals surface area (Å²) in [7, 11) is 1.66. The number of hydrogen-bond acceptors (Lipinski definition) is 4. The average molecular weight is 289 g/mol. The lowest BCUT2D eigenvalue weighted by Gasteiger charge is -2.12. The summed E-state index contributed by atoms with van der Waals surface area (Å²) < 4.78 is 10.9. The summed E-state index contributed by atoms with van der Waals surface area (Å²) in [6.07, 6.45) is 0.965. The number of anilines is 1. The van der Waals surface area contributed by atoms with Crippen LogP contribution in [0.3, 0.4) is 0 Å². The van der Waals surface area contributed by atoms with Crippen LogP contribution in [0.4, 0.5) is 5.69 Å². The van der Waals surface area contributed by atoms with E-state index in [1.54, 1.807) is 18.9 Å². The molecule has 0 aliphatic rings. The first kappa shape index (κ1) is 14.6. The molecule has 0 spiro atoms. The molecule has 2 rings (SSSR count). The highest BCUT2D eigenvalue weighted by atomic mass is 32.2. The van der Waals surface area contributed by atoms with Crippen molar-refractivity contribution in [2.24, 2.45) is 0 Å². The molecule has 0 bridgehead atoms. The zero-order valence-electron chi connectivity index (χ0n) is 11.8. The summed E-state index contributed by atoms with van der Waals surface area (Å²) in [5, 5.41) is 0. The van der Waals surface area contributed by atoms with Crippen LogP contribution in [0.1, 0.15) is 13.3 Å². The lowest BCUT2D eigenvalue weighted by molar-refractivity contribution is 0.318. The fraction of sp³-hybridized carbons (Fsp3) is 0.250. The molecule has 106 valence electrons. The van der Waals surface area contributed by atoms with Gasteiger partial charge in [0.25, 0.3) is 0 Å². The summed E-state index contributed by atoms with van der Waals surface area (Å²) in [5.74, 6) is 1.59. The third-order valence-corrected chi connectivity index (χ3v) is 3.82. The third-order valence-electron chi connectivity index (χ3n) is 2.76. The van der Waals surface area contributed by atoms with Crippen molar-refractivity contribution in [3.63, 3.8) is 0 Å². The minimum Gasteiger partial charge on any atom is -0.497 e. The molecule has 0 heterocycles. The molecule has 0 radical (unpaired) electrons. The van der Waals surface area contributed by atoms with Gasteiger partial charge in [-0.2, -0.15) is 0 Å². The van der Waals surface area contributed by atoms with Gasteiger partial charge in [0.15, 0.2) is 0 Å². The normalized spacial score (nSPS) is 10.3. The first-order valence-electron chi connectivity index (χ1n) is 6.57. The topological polar surface area (TPSA) is 44.5 Å². The van der Waals surface area contributed by atoms with Gasteiger partial charge in [-0.3, -0.25) is 0 Å². The second kappa shape index (κ2) is 7.10. The van der Waals surface area contributed by atoms with Crippen molar-refractivity contribution < 1.29 is 9.47 Å². The number of nitrogen functional groups attached to an aromatic ring is 1. The Hall–Kier alpha value is -1.81. The van der Waals surface area contributed by atoms with Gasteiger partial charge in [0.2, 0.25) is 0 Å². The highest BCUT2D eigenvalue weighted by Gasteiger charge is 2.08. The number of ether oxygens (including phenoxy) is 2. The monoisotopic (exact) mass is 289 g/mol. The van der Waals surface area contributed by atoms with Crippen molar-refractivity contribution in [2.45, 2.75) is 23.1 Å². The van der Waals surface area contributed by atoms with Crippen LogP contribution in [-0.2, 0) is 0 Å². The molecule has 0 amide bonds. The van der Waals surface area contributed by atoms with E-state index in [0.717, 1.165) is 27.7 Å². The fourth-order valence-electron chi connectivity index (χ4n) is 1.74. The standard InChI is InChI=1S/C16H19NO2S/c1-3-10-19-14-8-5-9-15(16(14)17)20-13-7-4-6-12(11-13)18-2/h4-9,11H,3,10,17H2,1-2H3. The van der Waals surface area contributed by atoms with Gasteiger partial charge in [-0.15, -0.1) is 0 Å². The van der Waals surface area contributed by atoms with Crippen molar-refractivity contribution in [3.8, 4) is 11.5 Å². The Morgan fingerprint density at radius 1 is 1.15 bits per heavy atom. The maximum absolute atomic E-state index is 6.17. The zero-order valence-corrected chi connectivity index (χ0v) is 12.6. The molecule has 2 aromatic carbocycles. The van der Waals surface area contributed by atoms with E-state index in [2.05, 4.69) is 6.92 Å². The number of para-hydroxylation sites is 1. The van der Waals surface area contributed by atoms with E-state index in [1.165, 1.54) is 0 Å². The predicted molar refractivity (Wildman–Crippen MR) is 83.8 cm³/mol. The van der Waals surface area contributed by atoms with Gasteiger partial charge >= 0.3 is 0 Å². The van der Waals surface area contributed by atoms with Crippen molar-refractivity contribution in [1.29, 1.82) is 0 Å². The summed E-state index contributed by atoms with van der Waals surface area (Å²) in [5.41, 5.74) is 6.85. The number of benzene rings is 2. The quantitative estimate of drug-likeness (QED) is 0.809. The summed E-state index contributed by atoms with van der Waals surface area (Å²) in [6, 6.07) is 13.8. The molecule has 3 nitrogen and oxygen atoms in total. The van der Waals surface area contributed by atoms with Gasteiger partial charge in [-0.25, -0.2) is 0 Å². The summed E-state index contributed by atoms with van der Waals surface area (Å²) in [4.78, 5) is 2.08. The van der Waals surface area contributed by atoms with E-state index in [0.29, 0.717) is 12.3 Å². The van der Waals surface area contributed by atoms with Crippen LogP contribution in [-0.4, -0.2) is 13.7 Å². The maximum Gasteiger partial charge on any atom is 0.143 e. The van der Waals surface area contributed by atoms with Crippen molar-refractivity contribution >= 4 is 17.4 Å². The van der Waals surface area contributed by atoms with Crippen LogP contribution in [0.15, 0.2) is 52.3 Å². The first-order chi connectivity index (χ1) is 9.74. The Morgan fingerprint density at radius 2 is 1.95 bits per heavy atom. The number of hydrogen-bond donors (Lipinski definition) is 1. The molecule has 0 saturated heterocycles. The Morgan fingerprint density at radius 3 is 2.70 bits per heavy atom. The van der Waals surface area contributed by atoms with Crippen molar-refractivity contribution in [2.75, 3.05) is 19.5 Å². The molecule has 0 aromatic heterocycles. The molecule has 2 aromatic rings. The van der Waals surface area contributed by atoms with Gasteiger partial charge in [-0.05, 0) is 36.8 Å². The highest BCUT2D eigenvalue weighted by Crippen LogP contribution is 2.37. The molecule has 2 N–H and O–H groups in total. The summed E-state index contributed by atoms with van der Waals surface area (Å²) in [6.45, 7) is 2.75. The second-order valence-corrected chi connectivity index (χ2v) is 5.41. The van der Waals surface area contributed by atoms with Gasteiger partial charge in [-0.1, -0.05) is 30.8 Å². The van der Waals surface area contributed by atoms with E-state index < -0.39 is 0 Å². The third kappa shape index (κ3) is 3.61. The summed E-state index contributed by atoms with van der Waals surface area (Å²) >= 11 is 1.61. The fourth-order valence-corrected chi connectivity index (χ4v) is 2.68. The van der Waals surface area contributed by atoms with Crippen LogP contribution >= 0.6 is 11.8 Å². The lowest BCUT2D eigenvalue weighted by atomic mass is 10.3. The molecule has 0 aliphatic carbocycles. The minimum absolute atomic E-state index is 0.678. The van der Waals surface area contributed by atoms with E-state index in [4.69, 9.17) is 15.2 Å². The van der Waals surface area contributed by atoms with Crippen LogP contribution in [0.25, 0.3) is 0 Å². The predicted octanol–water partition coefficient (Wildman–Crippen LogP) is 4.22. The average Bonchev–Trinajstić information content (AvgIpc) is 2.48. The molecular formula is C16H19NO2S. The minimum atomic E-state index is 0.678. The van der Waals surface area contributed by atoms with Crippen LogP contribution in [0, 0.1) is 0 Å². The largest absolute Gasteiger partial charge is 0.497 e. The smallest absolute Gasteiger partial charge is 0.143 e. The lowest BCUT2D eigenvalue weighted by Crippen LogP contribution is -1.99. The van der Waals surface area contributed by atoms with Crippen molar-refractivity contribution in [1.82, 2.24) is 0 Å². The number of nitrogens with two attached hydrogens (primary N) is 1. The van der Waals surface area contributed by atoms with Gasteiger partial charge in [0, 0.05) is 9.79 Å². The molecular weight excluding hydrogens is 270 g/mol. The zero-order chi connectivity index (χ0) is 14.4. The molecule has 20 heavy (non-hydrogen) atoms. The van der Waals surface area contributed by atoms with Crippen LogP contribution in [0.5, 0.6) is 11.5 Å². The molecule has 0 atom stereocenters. The van der Waals surface area contributed by atoms with E-state index in [9.17, 15) is 0 Å². The SMILES string of the molecule is CCCOc1cccc(Sc2cccc(OC)c2)c1N.